The molecule has 0 aliphatic carbocycles. The van der Waals surface area contributed by atoms with Gasteiger partial charge >= 0.3 is 88.7 Å². The first-order valence-electron chi connectivity index (χ1n) is 7.02. The second kappa shape index (κ2) is 12.6. The number of imidazole rings is 1. The van der Waals surface area contributed by atoms with Crippen LogP contribution in [0.5, 0.6) is 0 Å². The number of hydrogen-bond donors (Lipinski definition) is 2. The molecule has 0 saturated carbocycles. The van der Waals surface area contributed by atoms with Gasteiger partial charge in [0.25, 0.3) is 7.82 Å². The molecule has 30 heavy (non-hydrogen) atoms. The number of nitrogens with zero attached hydrogens (tertiary/aromatic N) is 4. The Morgan fingerprint density at radius 1 is 1.13 bits per heavy atom. The van der Waals surface area contributed by atoms with Gasteiger partial charge in [-0.05, 0) is 0 Å². The summed E-state index contributed by atoms with van der Waals surface area (Å²) in [5, 5.41) is 20.2. The van der Waals surface area contributed by atoms with Gasteiger partial charge in [0.1, 0.15) is 30.2 Å². The van der Waals surface area contributed by atoms with Crippen LogP contribution in [0.2, 0.25) is 5.15 Å². The zero-order chi connectivity index (χ0) is 20.0. The summed E-state index contributed by atoms with van der Waals surface area (Å²) in [5.74, 6) is 0. The van der Waals surface area contributed by atoms with E-state index in [0.717, 1.165) is 6.33 Å². The molecule has 0 radical (unpaired) electrons. The number of hydrogen-bond acceptors (Lipinski definition) is 13. The summed E-state index contributed by atoms with van der Waals surface area (Å²) in [7, 11) is -11.4. The van der Waals surface area contributed by atoms with E-state index in [0.29, 0.717) is 0 Å². The van der Waals surface area contributed by atoms with E-state index in [1.807, 2.05) is 0 Å². The van der Waals surface area contributed by atoms with Crippen LogP contribution in [0.15, 0.2) is 12.7 Å². The predicted molar refractivity (Wildman–Crippen MR) is 78.5 cm³/mol. The van der Waals surface area contributed by atoms with Crippen molar-refractivity contribution in [3.63, 3.8) is 0 Å². The predicted octanol–water partition coefficient (Wildman–Crippen LogP) is -11.6. The number of phosphoric acid groups is 2. The number of aliphatic hydroxyl groups excluding tert-OH is 2. The van der Waals surface area contributed by atoms with Crippen LogP contribution in [0.3, 0.4) is 0 Å². The molecule has 3 heterocycles. The molecule has 150 valence electrons. The van der Waals surface area contributed by atoms with Gasteiger partial charge in [-0.2, -0.15) is 0 Å². The zero-order valence-electron chi connectivity index (χ0n) is 15.9. The number of fused-ring (bicyclic) bond motifs is 1. The average Bonchev–Trinajstić information content (AvgIpc) is 3.07. The molecule has 1 fully saturated rings. The SMILES string of the molecule is O=P([O-])([O-])OP(=O)([O-])OCC1OC(n2cnc3c(Cl)ncnc32)C(O)C1O.[Na+].[Na+].[Na+]. The van der Waals surface area contributed by atoms with Crippen LogP contribution in [0.1, 0.15) is 6.23 Å². The minimum atomic E-state index is -5.85. The van der Waals surface area contributed by atoms with Crippen LogP contribution >= 0.6 is 27.2 Å². The molecular weight excluding hydrogens is 502 g/mol. The van der Waals surface area contributed by atoms with E-state index >= 15 is 0 Å². The molecule has 20 heteroatoms. The van der Waals surface area contributed by atoms with Crippen molar-refractivity contribution >= 4 is 38.4 Å². The number of aliphatic hydroxyl groups is 2. The third kappa shape index (κ3) is 7.76. The Kier molecular flexibility index (Phi) is 13.4. The van der Waals surface area contributed by atoms with Crippen LogP contribution in [0.25, 0.3) is 11.2 Å². The van der Waals surface area contributed by atoms with Gasteiger partial charge in [-0.15, -0.1) is 0 Å². The smallest absolute Gasteiger partial charge is 0.790 e. The van der Waals surface area contributed by atoms with Crippen LogP contribution < -0.4 is 103 Å². The summed E-state index contributed by atoms with van der Waals surface area (Å²) >= 11 is 5.87. The normalized spacial score (nSPS) is 25.7. The Morgan fingerprint density at radius 3 is 2.37 bits per heavy atom. The van der Waals surface area contributed by atoms with Crippen molar-refractivity contribution in [2.75, 3.05) is 6.61 Å². The van der Waals surface area contributed by atoms with Crippen LogP contribution in [-0.4, -0.2) is 54.7 Å². The molecule has 0 aromatic carbocycles. The Balaban J connectivity index is 0.00000280. The summed E-state index contributed by atoms with van der Waals surface area (Å²) < 4.78 is 35.7. The van der Waals surface area contributed by atoms with Crippen molar-refractivity contribution in [3.05, 3.63) is 17.8 Å². The first kappa shape index (κ1) is 32.0. The first-order chi connectivity index (χ1) is 12.5. The Labute approximate surface area is 240 Å². The maximum Gasteiger partial charge on any atom is 1.00 e. The van der Waals surface area contributed by atoms with Gasteiger partial charge in [-0.1, -0.05) is 11.6 Å². The zero-order valence-corrected chi connectivity index (χ0v) is 24.4. The van der Waals surface area contributed by atoms with Crippen molar-refractivity contribution in [2.45, 2.75) is 24.5 Å². The van der Waals surface area contributed by atoms with E-state index in [4.69, 9.17) is 16.3 Å². The molecule has 0 spiro atoms. The standard InChI is InChI=1S/C10H13ClN4O10P2.3Na/c11-8-5-9(13-2-12-8)15(3-14-5)10-7(17)6(16)4(24-10)1-23-27(21,22)25-26(18,19)20;;;/h2-4,6-7,10,16-17H,1H2,(H,21,22)(H2,18,19,20);;;/q;3*+1/p-3. The number of halogens is 1. The number of phosphoric ester groups is 1. The molecule has 2 aromatic heterocycles. The third-order valence-corrected chi connectivity index (χ3v) is 5.86. The molecule has 0 amide bonds. The minimum absolute atomic E-state index is 0. The van der Waals surface area contributed by atoms with Crippen molar-refractivity contribution in [3.8, 4) is 0 Å². The third-order valence-electron chi connectivity index (χ3n) is 3.52. The number of ether oxygens (including phenoxy) is 1. The fourth-order valence-electron chi connectivity index (χ4n) is 2.42. The van der Waals surface area contributed by atoms with Gasteiger partial charge in [0.2, 0.25) is 0 Å². The van der Waals surface area contributed by atoms with E-state index in [-0.39, 0.29) is 105 Å². The number of aromatic nitrogens is 4. The van der Waals surface area contributed by atoms with Crippen molar-refractivity contribution < 1.29 is 136 Å². The Morgan fingerprint density at radius 2 is 1.77 bits per heavy atom. The van der Waals surface area contributed by atoms with Crippen molar-refractivity contribution in [2.24, 2.45) is 0 Å². The van der Waals surface area contributed by atoms with Crippen LogP contribution in [0.4, 0.5) is 0 Å². The largest absolute Gasteiger partial charge is 1.00 e. The quantitative estimate of drug-likeness (QED) is 0.209. The van der Waals surface area contributed by atoms with Gasteiger partial charge < -0.3 is 38.7 Å². The molecule has 2 aromatic rings. The summed E-state index contributed by atoms with van der Waals surface area (Å²) in [6, 6.07) is 0. The molecule has 1 aliphatic rings. The number of rotatable bonds is 6. The molecular formula is C10H10ClN4Na3O10P2. The molecule has 14 nitrogen and oxygen atoms in total. The summed E-state index contributed by atoms with van der Waals surface area (Å²) in [6.07, 6.45) is -3.50. The maximum absolute atomic E-state index is 11.3. The van der Waals surface area contributed by atoms with Gasteiger partial charge in [0.15, 0.2) is 17.0 Å². The van der Waals surface area contributed by atoms with Crippen molar-refractivity contribution in [1.82, 2.24) is 19.5 Å². The second-order valence-corrected chi connectivity index (χ2v) is 8.36. The topological polar surface area (TPSA) is 215 Å². The minimum Gasteiger partial charge on any atom is -0.790 e. The first-order valence-corrected chi connectivity index (χ1v) is 10.3. The maximum atomic E-state index is 11.3. The fraction of sp³-hybridized carbons (Fsp3) is 0.500. The van der Waals surface area contributed by atoms with E-state index in [2.05, 4.69) is 23.8 Å². The van der Waals surface area contributed by atoms with E-state index < -0.39 is 46.8 Å². The van der Waals surface area contributed by atoms with Crippen LogP contribution in [-0.2, 0) is 22.7 Å². The molecule has 1 aliphatic heterocycles. The molecule has 5 unspecified atom stereocenters. The second-order valence-electron chi connectivity index (χ2n) is 5.31. The van der Waals surface area contributed by atoms with Crippen molar-refractivity contribution in [1.29, 1.82) is 0 Å². The summed E-state index contributed by atoms with van der Waals surface area (Å²) in [6.45, 7) is -0.933. The average molecular weight is 513 g/mol. The molecule has 0 bridgehead atoms. The van der Waals surface area contributed by atoms with E-state index in [9.17, 15) is 34.0 Å². The van der Waals surface area contributed by atoms with Gasteiger partial charge in [-0.3, -0.25) is 13.4 Å². The van der Waals surface area contributed by atoms with Crippen LogP contribution in [0, 0.1) is 0 Å². The summed E-state index contributed by atoms with van der Waals surface area (Å²) in [4.78, 5) is 43.6. The monoisotopic (exact) mass is 512 g/mol. The van der Waals surface area contributed by atoms with Gasteiger partial charge in [0.05, 0.1) is 20.8 Å². The molecule has 3 rings (SSSR count). The fourth-order valence-corrected chi connectivity index (χ4v) is 4.09. The molecule has 5 atom stereocenters. The summed E-state index contributed by atoms with van der Waals surface area (Å²) in [5.41, 5.74) is 0.368. The van der Waals surface area contributed by atoms with Gasteiger partial charge in [0, 0.05) is 0 Å². The van der Waals surface area contributed by atoms with E-state index in [1.54, 1.807) is 0 Å². The Hall–Kier alpha value is 1.98. The van der Waals surface area contributed by atoms with Gasteiger partial charge in [-0.25, -0.2) is 15.0 Å². The molecule has 1 saturated heterocycles. The Bertz CT molecular complexity index is 950. The van der Waals surface area contributed by atoms with E-state index in [1.165, 1.54) is 10.9 Å². The molecule has 2 N–H and O–H groups in total.